The van der Waals surface area contributed by atoms with Gasteiger partial charge in [0.1, 0.15) is 0 Å². The second-order valence-corrected chi connectivity index (χ2v) is 5.91. The van der Waals surface area contributed by atoms with E-state index in [0.717, 1.165) is 36.0 Å². The largest absolute Gasteiger partial charge is 0.478 e. The Morgan fingerprint density at radius 1 is 1.26 bits per heavy atom. The third-order valence-electron chi connectivity index (χ3n) is 3.65. The monoisotopic (exact) mass is 317 g/mol. The molecule has 0 atom stereocenters. The van der Waals surface area contributed by atoms with Gasteiger partial charge in [-0.1, -0.05) is 0 Å². The number of aromatic amines is 1. The van der Waals surface area contributed by atoms with E-state index in [4.69, 9.17) is 5.11 Å². The summed E-state index contributed by atoms with van der Waals surface area (Å²) in [6.07, 6.45) is 2.01. The molecule has 1 aromatic carbocycles. The number of aromatic carboxylic acids is 1. The van der Waals surface area contributed by atoms with Crippen LogP contribution in [0.25, 0.3) is 10.9 Å². The zero-order valence-electron chi connectivity index (χ0n) is 13.6. The zero-order chi connectivity index (χ0) is 16.8. The number of nitrogens with one attached hydrogen (secondary N) is 2. The summed E-state index contributed by atoms with van der Waals surface area (Å²) in [5.41, 5.74) is 2.22. The summed E-state index contributed by atoms with van der Waals surface area (Å²) in [6.45, 7) is 1.50. The molecule has 0 aliphatic heterocycles. The minimum absolute atomic E-state index is 0.0659. The van der Waals surface area contributed by atoms with Crippen LogP contribution in [0, 0.1) is 0 Å². The minimum atomic E-state index is -0.927. The van der Waals surface area contributed by atoms with E-state index in [2.05, 4.69) is 10.3 Å². The fourth-order valence-corrected chi connectivity index (χ4v) is 2.41. The smallest absolute Gasteiger partial charge is 0.335 e. The number of aromatic nitrogens is 1. The van der Waals surface area contributed by atoms with Crippen molar-refractivity contribution in [3.05, 3.63) is 35.5 Å². The first kappa shape index (κ1) is 17.0. The van der Waals surface area contributed by atoms with E-state index in [-0.39, 0.29) is 11.5 Å². The first-order valence-electron chi connectivity index (χ1n) is 7.72. The Morgan fingerprint density at radius 2 is 2.04 bits per heavy atom. The summed E-state index contributed by atoms with van der Waals surface area (Å²) in [4.78, 5) is 28.0. The van der Waals surface area contributed by atoms with Gasteiger partial charge >= 0.3 is 5.97 Å². The lowest BCUT2D eigenvalue weighted by Gasteiger charge is -2.10. The SMILES string of the molecule is CN(C)CCNC(=O)CCCc1cc2cc(C(=O)O)ccc2[nH]1. The number of likely N-dealkylation sites (N-methyl/N-ethyl adjacent to an activating group) is 1. The average molecular weight is 317 g/mol. The summed E-state index contributed by atoms with van der Waals surface area (Å²) in [7, 11) is 3.94. The highest BCUT2D eigenvalue weighted by atomic mass is 16.4. The normalized spacial score (nSPS) is 11.1. The molecule has 6 nitrogen and oxygen atoms in total. The molecular formula is C17H23N3O3. The number of fused-ring (bicyclic) bond motifs is 1. The molecule has 1 amide bonds. The van der Waals surface area contributed by atoms with Gasteiger partial charge in [0.2, 0.25) is 5.91 Å². The molecule has 124 valence electrons. The highest BCUT2D eigenvalue weighted by Crippen LogP contribution is 2.18. The van der Waals surface area contributed by atoms with E-state index in [9.17, 15) is 9.59 Å². The number of benzene rings is 1. The first-order chi connectivity index (χ1) is 11.0. The van der Waals surface area contributed by atoms with Crippen LogP contribution in [0.15, 0.2) is 24.3 Å². The van der Waals surface area contributed by atoms with Crippen LogP contribution >= 0.6 is 0 Å². The van der Waals surface area contributed by atoms with Crippen LogP contribution < -0.4 is 5.32 Å². The molecule has 0 saturated heterocycles. The van der Waals surface area contributed by atoms with Gasteiger partial charge in [-0.05, 0) is 51.2 Å². The fraction of sp³-hybridized carbons (Fsp3) is 0.412. The lowest BCUT2D eigenvalue weighted by molar-refractivity contribution is -0.121. The summed E-state index contributed by atoms with van der Waals surface area (Å²) in [5.74, 6) is -0.861. The summed E-state index contributed by atoms with van der Waals surface area (Å²) in [5, 5.41) is 12.8. The van der Waals surface area contributed by atoms with E-state index < -0.39 is 5.97 Å². The van der Waals surface area contributed by atoms with Crippen molar-refractivity contribution < 1.29 is 14.7 Å². The van der Waals surface area contributed by atoms with Gasteiger partial charge in [0.15, 0.2) is 0 Å². The standard InChI is InChI=1S/C17H23N3O3/c1-20(2)9-8-18-16(21)5-3-4-14-11-13-10-12(17(22)23)6-7-15(13)19-14/h6-7,10-11,19H,3-5,8-9H2,1-2H3,(H,18,21)(H,22,23). The molecule has 23 heavy (non-hydrogen) atoms. The number of hydrogen-bond acceptors (Lipinski definition) is 3. The highest BCUT2D eigenvalue weighted by molar-refractivity contribution is 5.93. The first-order valence-corrected chi connectivity index (χ1v) is 7.72. The molecular weight excluding hydrogens is 294 g/mol. The number of carbonyl (C=O) groups is 2. The van der Waals surface area contributed by atoms with Crippen LogP contribution in [0.4, 0.5) is 0 Å². The molecule has 3 N–H and O–H groups in total. The highest BCUT2D eigenvalue weighted by Gasteiger charge is 2.07. The summed E-state index contributed by atoms with van der Waals surface area (Å²) < 4.78 is 0. The van der Waals surface area contributed by atoms with Crippen molar-refractivity contribution in [1.82, 2.24) is 15.2 Å². The van der Waals surface area contributed by atoms with E-state index in [1.165, 1.54) is 0 Å². The van der Waals surface area contributed by atoms with Crippen molar-refractivity contribution in [2.75, 3.05) is 27.2 Å². The third-order valence-corrected chi connectivity index (χ3v) is 3.65. The maximum absolute atomic E-state index is 11.7. The molecule has 0 aliphatic carbocycles. The number of rotatable bonds is 8. The Balaban J connectivity index is 1.83. The molecule has 0 fully saturated rings. The van der Waals surface area contributed by atoms with Crippen molar-refractivity contribution in [2.45, 2.75) is 19.3 Å². The zero-order valence-corrected chi connectivity index (χ0v) is 13.6. The van der Waals surface area contributed by atoms with Crippen molar-refractivity contribution in [2.24, 2.45) is 0 Å². The molecule has 0 aliphatic rings. The topological polar surface area (TPSA) is 85.4 Å². The van der Waals surface area contributed by atoms with E-state index in [1.807, 2.05) is 25.1 Å². The van der Waals surface area contributed by atoms with Crippen LogP contribution in [0.5, 0.6) is 0 Å². The molecule has 6 heteroatoms. The molecule has 0 unspecified atom stereocenters. The Morgan fingerprint density at radius 3 is 2.74 bits per heavy atom. The second kappa shape index (κ2) is 7.78. The van der Waals surface area contributed by atoms with Gasteiger partial charge in [0.25, 0.3) is 0 Å². The lowest BCUT2D eigenvalue weighted by atomic mass is 10.1. The molecule has 0 radical (unpaired) electrons. The van der Waals surface area contributed by atoms with E-state index >= 15 is 0 Å². The maximum atomic E-state index is 11.7. The molecule has 1 aromatic heterocycles. The Hall–Kier alpha value is -2.34. The fourth-order valence-electron chi connectivity index (χ4n) is 2.41. The third kappa shape index (κ3) is 5.10. The Labute approximate surface area is 135 Å². The molecule has 0 saturated carbocycles. The van der Waals surface area contributed by atoms with E-state index in [0.29, 0.717) is 13.0 Å². The minimum Gasteiger partial charge on any atom is -0.478 e. The molecule has 2 aromatic rings. The number of nitrogens with zero attached hydrogens (tertiary/aromatic N) is 1. The number of carboxylic acid groups (broad SMARTS) is 1. The van der Waals surface area contributed by atoms with Gasteiger partial charge in [-0.15, -0.1) is 0 Å². The van der Waals surface area contributed by atoms with Crippen LogP contribution in [0.2, 0.25) is 0 Å². The average Bonchev–Trinajstić information content (AvgIpc) is 2.88. The molecule has 0 bridgehead atoms. The quantitative estimate of drug-likeness (QED) is 0.694. The summed E-state index contributed by atoms with van der Waals surface area (Å²) >= 11 is 0. The van der Waals surface area contributed by atoms with Crippen molar-refractivity contribution in [3.63, 3.8) is 0 Å². The van der Waals surface area contributed by atoms with Gasteiger partial charge in [-0.2, -0.15) is 0 Å². The van der Waals surface area contributed by atoms with Gasteiger partial charge < -0.3 is 20.3 Å². The maximum Gasteiger partial charge on any atom is 0.335 e. The predicted molar refractivity (Wildman–Crippen MR) is 89.8 cm³/mol. The van der Waals surface area contributed by atoms with Gasteiger partial charge in [0.05, 0.1) is 5.56 Å². The lowest BCUT2D eigenvalue weighted by Crippen LogP contribution is -2.31. The van der Waals surface area contributed by atoms with Crippen molar-refractivity contribution in [3.8, 4) is 0 Å². The van der Waals surface area contributed by atoms with Crippen molar-refractivity contribution >= 4 is 22.8 Å². The summed E-state index contributed by atoms with van der Waals surface area (Å²) in [6, 6.07) is 6.97. The second-order valence-electron chi connectivity index (χ2n) is 5.91. The Bertz CT molecular complexity index is 691. The molecule has 0 spiro atoms. The van der Waals surface area contributed by atoms with Gasteiger partial charge in [-0.25, -0.2) is 4.79 Å². The number of hydrogen-bond donors (Lipinski definition) is 3. The number of aryl methyl sites for hydroxylation is 1. The van der Waals surface area contributed by atoms with Gasteiger partial charge in [-0.3, -0.25) is 4.79 Å². The predicted octanol–water partition coefficient (Wildman–Crippen LogP) is 1.87. The Kier molecular flexibility index (Phi) is 5.76. The van der Waals surface area contributed by atoms with Crippen LogP contribution in [0.1, 0.15) is 28.9 Å². The van der Waals surface area contributed by atoms with Crippen LogP contribution in [-0.2, 0) is 11.2 Å². The number of amides is 1. The van der Waals surface area contributed by atoms with Gasteiger partial charge in [0, 0.05) is 36.1 Å². The van der Waals surface area contributed by atoms with Crippen LogP contribution in [0.3, 0.4) is 0 Å². The molecule has 2 rings (SSSR count). The van der Waals surface area contributed by atoms with Crippen molar-refractivity contribution in [1.29, 1.82) is 0 Å². The number of carboxylic acids is 1. The van der Waals surface area contributed by atoms with E-state index in [1.54, 1.807) is 18.2 Å². The van der Waals surface area contributed by atoms with Crippen LogP contribution in [-0.4, -0.2) is 54.1 Å². The number of H-pyrrole nitrogens is 1. The molecule has 1 heterocycles. The number of carbonyl (C=O) groups excluding carboxylic acids is 1.